The Morgan fingerprint density at radius 1 is 1.12 bits per heavy atom. The maximum Gasteiger partial charge on any atom is 0.387 e. The van der Waals surface area contributed by atoms with Gasteiger partial charge in [0.1, 0.15) is 23.0 Å². The molecule has 0 radical (unpaired) electrons. The molecule has 4 rings (SSSR count). The van der Waals surface area contributed by atoms with Crippen LogP contribution in [-0.2, 0) is 9.53 Å². The van der Waals surface area contributed by atoms with Gasteiger partial charge in [0.05, 0.1) is 11.1 Å². The zero-order valence-corrected chi connectivity index (χ0v) is 26.4. The number of halogens is 4. The number of carbonyl (C=O) groups excluding carboxylic acids is 2. The first-order valence-electron chi connectivity index (χ1n) is 14.4. The quantitative estimate of drug-likeness (QED) is 0.224. The van der Waals surface area contributed by atoms with Gasteiger partial charge in [-0.1, -0.05) is 22.0 Å². The molecule has 1 N–H and O–H groups in total. The lowest BCUT2D eigenvalue weighted by atomic mass is 9.92. The number of rotatable bonds is 10. The highest BCUT2D eigenvalue weighted by molar-refractivity contribution is 9.10. The van der Waals surface area contributed by atoms with Crippen LogP contribution in [0.5, 0.6) is 5.75 Å². The van der Waals surface area contributed by atoms with Crippen molar-refractivity contribution in [1.82, 2.24) is 10.3 Å². The number of amides is 1. The molecule has 1 aliphatic heterocycles. The summed E-state index contributed by atoms with van der Waals surface area (Å²) in [6, 6.07) is 9.19. The summed E-state index contributed by atoms with van der Waals surface area (Å²) in [5.74, 6) is -2.19. The van der Waals surface area contributed by atoms with Crippen molar-refractivity contribution in [2.75, 3.05) is 24.5 Å². The molecule has 0 aliphatic carbocycles. The summed E-state index contributed by atoms with van der Waals surface area (Å²) in [5.41, 5.74) is 0.920. The van der Waals surface area contributed by atoms with Crippen molar-refractivity contribution in [3.63, 3.8) is 0 Å². The molecule has 3 aromatic rings. The lowest BCUT2D eigenvalue weighted by Gasteiger charge is -2.30. The number of alkyl halides is 2. The van der Waals surface area contributed by atoms with Crippen molar-refractivity contribution in [3.05, 3.63) is 63.4 Å². The Hall–Kier alpha value is -3.34. The van der Waals surface area contributed by atoms with Gasteiger partial charge in [-0.2, -0.15) is 8.78 Å². The second-order valence-corrected chi connectivity index (χ2v) is 12.6. The number of carbonyl (C=O) groups is 2. The van der Waals surface area contributed by atoms with Crippen molar-refractivity contribution in [2.24, 2.45) is 0 Å². The molecule has 2 aromatic carbocycles. The van der Waals surface area contributed by atoms with Crippen LogP contribution in [-0.4, -0.2) is 48.7 Å². The van der Waals surface area contributed by atoms with Gasteiger partial charge in [0.2, 0.25) is 0 Å². The summed E-state index contributed by atoms with van der Waals surface area (Å²) in [6.45, 7) is 5.40. The van der Waals surface area contributed by atoms with Crippen LogP contribution in [0.1, 0.15) is 80.3 Å². The number of aromatic nitrogens is 1. The van der Waals surface area contributed by atoms with Crippen molar-refractivity contribution in [1.29, 1.82) is 0 Å². The second-order valence-electron chi connectivity index (χ2n) is 11.7. The first-order valence-corrected chi connectivity index (χ1v) is 15.2. The summed E-state index contributed by atoms with van der Waals surface area (Å²) < 4.78 is 52.5. The maximum atomic E-state index is 15.2. The minimum atomic E-state index is -3.18. The highest BCUT2D eigenvalue weighted by atomic mass is 79.9. The lowest BCUT2D eigenvalue weighted by molar-refractivity contribution is -0.155. The van der Waals surface area contributed by atoms with E-state index in [0.29, 0.717) is 22.0 Å². The summed E-state index contributed by atoms with van der Waals surface area (Å²) in [6.07, 6.45) is 3.11. The average Bonchev–Trinajstić information content (AvgIpc) is 2.92. The zero-order chi connectivity index (χ0) is 31.3. The van der Waals surface area contributed by atoms with Gasteiger partial charge in [-0.25, -0.2) is 9.37 Å². The van der Waals surface area contributed by atoms with E-state index in [4.69, 9.17) is 9.72 Å². The highest BCUT2D eigenvalue weighted by Gasteiger charge is 2.27. The second kappa shape index (κ2) is 14.0. The molecular formula is C32H37BrF3N3O4. The molecule has 0 bridgehead atoms. The van der Waals surface area contributed by atoms with E-state index in [1.807, 2.05) is 25.1 Å². The Kier molecular flexibility index (Phi) is 10.6. The summed E-state index contributed by atoms with van der Waals surface area (Å²) >= 11 is 3.49. The molecule has 2 heterocycles. The van der Waals surface area contributed by atoms with E-state index < -0.39 is 35.8 Å². The van der Waals surface area contributed by atoms with E-state index in [9.17, 15) is 18.4 Å². The molecule has 0 saturated carbocycles. The molecule has 1 aliphatic rings. The molecule has 1 unspecified atom stereocenters. The van der Waals surface area contributed by atoms with Gasteiger partial charge in [0.25, 0.3) is 5.91 Å². The highest BCUT2D eigenvalue weighted by Crippen LogP contribution is 2.35. The number of nitrogens with zero attached hydrogens (tertiary/aromatic N) is 2. The fourth-order valence-corrected chi connectivity index (χ4v) is 5.83. The molecular weight excluding hydrogens is 627 g/mol. The third kappa shape index (κ3) is 8.40. The Bertz CT molecular complexity index is 1470. The number of hydrogen-bond donors (Lipinski definition) is 1. The summed E-state index contributed by atoms with van der Waals surface area (Å²) in [5, 5.41) is 3.54. The van der Waals surface area contributed by atoms with Crippen LogP contribution >= 0.6 is 15.9 Å². The van der Waals surface area contributed by atoms with Crippen molar-refractivity contribution < 1.29 is 32.2 Å². The Morgan fingerprint density at radius 2 is 1.84 bits per heavy atom. The first-order chi connectivity index (χ1) is 20.3. The predicted molar refractivity (Wildman–Crippen MR) is 163 cm³/mol. The third-order valence-corrected chi connectivity index (χ3v) is 7.80. The molecule has 1 amide bonds. The van der Waals surface area contributed by atoms with Gasteiger partial charge < -0.3 is 19.7 Å². The number of pyridine rings is 1. The Labute approximate surface area is 258 Å². The summed E-state index contributed by atoms with van der Waals surface area (Å²) in [4.78, 5) is 33.5. The van der Waals surface area contributed by atoms with Crippen LogP contribution in [0.2, 0.25) is 0 Å². The van der Waals surface area contributed by atoms with Crippen molar-refractivity contribution >= 4 is 44.5 Å². The van der Waals surface area contributed by atoms with E-state index in [2.05, 4.69) is 30.9 Å². The van der Waals surface area contributed by atoms with Crippen LogP contribution < -0.4 is 15.0 Å². The molecule has 1 aromatic heterocycles. The molecule has 11 heteroatoms. The molecule has 1 fully saturated rings. The normalized spacial score (nSPS) is 14.6. The summed E-state index contributed by atoms with van der Waals surface area (Å²) in [7, 11) is 0. The molecule has 232 valence electrons. The van der Waals surface area contributed by atoms with Crippen molar-refractivity contribution in [2.45, 2.75) is 77.9 Å². The van der Waals surface area contributed by atoms with Crippen LogP contribution in [0.3, 0.4) is 0 Å². The van der Waals surface area contributed by atoms with Crippen LogP contribution in [0.15, 0.2) is 40.9 Å². The first kappa shape index (κ1) is 32.6. The van der Waals surface area contributed by atoms with E-state index in [1.165, 1.54) is 12.1 Å². The van der Waals surface area contributed by atoms with Gasteiger partial charge in [0, 0.05) is 53.0 Å². The minimum Gasteiger partial charge on any atom is -0.460 e. The Balaban J connectivity index is 1.68. The third-order valence-electron chi connectivity index (χ3n) is 7.31. The number of piperidine rings is 1. The van der Waals surface area contributed by atoms with Crippen LogP contribution in [0.4, 0.5) is 19.0 Å². The lowest BCUT2D eigenvalue weighted by Crippen LogP contribution is -2.33. The number of nitrogens with one attached hydrogen (secondary N) is 1. The van der Waals surface area contributed by atoms with E-state index in [-0.39, 0.29) is 30.7 Å². The smallest absolute Gasteiger partial charge is 0.387 e. The van der Waals surface area contributed by atoms with Crippen LogP contribution in [0.25, 0.3) is 10.9 Å². The van der Waals surface area contributed by atoms with Crippen molar-refractivity contribution in [3.8, 4) is 5.75 Å². The topological polar surface area (TPSA) is 80.8 Å². The predicted octanol–water partition coefficient (Wildman–Crippen LogP) is 7.67. The van der Waals surface area contributed by atoms with Gasteiger partial charge in [-0.3, -0.25) is 9.59 Å². The number of benzene rings is 2. The average molecular weight is 665 g/mol. The van der Waals surface area contributed by atoms with Gasteiger partial charge in [0.15, 0.2) is 0 Å². The van der Waals surface area contributed by atoms with Gasteiger partial charge in [-0.05, 0) is 83.7 Å². The number of fused-ring (bicyclic) bond motifs is 1. The molecule has 1 saturated heterocycles. The van der Waals surface area contributed by atoms with Gasteiger partial charge in [-0.15, -0.1) is 0 Å². The molecule has 1 atom stereocenters. The molecule has 0 spiro atoms. The van der Waals surface area contributed by atoms with E-state index >= 15 is 4.39 Å². The number of hydrogen-bond acceptors (Lipinski definition) is 6. The van der Waals surface area contributed by atoms with E-state index in [1.54, 1.807) is 20.8 Å². The largest absolute Gasteiger partial charge is 0.460 e. The molecule has 7 nitrogen and oxygen atoms in total. The standard InChI is InChI=1S/C32H37BrF3N3O4/c1-19-27(22-17-21(33)12-13-24(22)38-29(19)39-15-6-5-7-16-39)30(41)37-18-20(11-14-26(40)43-32(2,3)4)28-23(34)9-8-10-25(28)42-31(35)36/h8-10,12-13,17,20,31H,5-7,11,14-16,18H2,1-4H3,(H,37,41). The fourth-order valence-electron chi connectivity index (χ4n) is 5.47. The minimum absolute atomic E-state index is 0.0242. The number of esters is 1. The SMILES string of the molecule is Cc1c(N2CCCCC2)nc2ccc(Br)cc2c1C(=O)NCC(CCC(=O)OC(C)(C)C)c1c(F)cccc1OC(F)F. The number of anilines is 1. The number of ether oxygens (including phenoxy) is 2. The maximum absolute atomic E-state index is 15.2. The fraction of sp³-hybridized carbons (Fsp3) is 0.469. The molecule has 43 heavy (non-hydrogen) atoms. The zero-order valence-electron chi connectivity index (χ0n) is 24.8. The van der Waals surface area contributed by atoms with E-state index in [0.717, 1.165) is 48.7 Å². The van der Waals surface area contributed by atoms with Crippen LogP contribution in [0, 0.1) is 12.7 Å². The Morgan fingerprint density at radius 3 is 2.51 bits per heavy atom. The monoisotopic (exact) mass is 663 g/mol. The van der Waals surface area contributed by atoms with Gasteiger partial charge >= 0.3 is 12.6 Å².